The Morgan fingerprint density at radius 2 is 0.571 bits per heavy atom. The second-order valence-electron chi connectivity index (χ2n) is 26.9. The van der Waals surface area contributed by atoms with E-state index < -0.39 is 32.3 Å². The fraction of sp³-hybridized carbons (Fsp3) is 0.158. The third-order valence-corrected chi connectivity index (χ3v) is 25.1. The molecule has 418 valence electrons. The Hall–Kier alpha value is -7.99. The molecule has 0 saturated carbocycles. The van der Waals surface area contributed by atoms with Crippen LogP contribution in [0.2, 0.25) is 78.6 Å². The molecule has 0 bridgehead atoms. The molecular weight excluding hydrogens is 1090 g/mol. The molecule has 2 nitrogen and oxygen atoms in total. The molecule has 0 radical (unpaired) electrons. The van der Waals surface area contributed by atoms with Gasteiger partial charge in [0.25, 0.3) is 0 Å². The molecule has 84 heavy (non-hydrogen) atoms. The van der Waals surface area contributed by atoms with Gasteiger partial charge >= 0.3 is 0 Å². The molecule has 0 aliphatic heterocycles. The average molecular weight is 1170 g/mol. The average Bonchev–Trinajstić information content (AvgIpc) is 1.43. The maximum atomic E-state index is 18.9. The summed E-state index contributed by atoms with van der Waals surface area (Å²) in [6, 6.07) is 81.0. The second-order valence-corrected chi connectivity index (χ2v) is 47.2. The molecule has 8 heteroatoms. The fourth-order valence-corrected chi connectivity index (χ4v) is 17.0. The molecule has 0 aliphatic rings. The van der Waals surface area contributed by atoms with Crippen molar-refractivity contribution >= 4 is 119 Å². The molecule has 0 aromatic heterocycles. The largest absolute Gasteiger partial charge is 0.307 e. The van der Waals surface area contributed by atoms with Gasteiger partial charge in [0.2, 0.25) is 0 Å². The van der Waals surface area contributed by atoms with Crippen LogP contribution in [0.3, 0.4) is 0 Å². The van der Waals surface area contributed by atoms with E-state index in [2.05, 4.69) is 270 Å². The van der Waals surface area contributed by atoms with Crippen LogP contribution in [0.15, 0.2) is 231 Å². The predicted octanol–water partition coefficient (Wildman–Crippen LogP) is 20.7. The molecule has 0 saturated heterocycles. The van der Waals surface area contributed by atoms with E-state index in [9.17, 15) is 0 Å². The molecule has 0 N–H and O–H groups in total. The number of para-hydroxylation sites is 2. The van der Waals surface area contributed by atoms with Gasteiger partial charge in [-0.2, -0.15) is 0 Å². The van der Waals surface area contributed by atoms with E-state index in [-0.39, 0.29) is 11.6 Å². The lowest BCUT2D eigenvalue weighted by Gasteiger charge is -2.31. The van der Waals surface area contributed by atoms with Crippen LogP contribution in [0.4, 0.5) is 42.9 Å². The van der Waals surface area contributed by atoms with Gasteiger partial charge in [0, 0.05) is 33.3 Å². The lowest BCUT2D eigenvalue weighted by atomic mass is 9.90. The van der Waals surface area contributed by atoms with Gasteiger partial charge in [-0.05, 0) is 103 Å². The molecule has 0 spiro atoms. The van der Waals surface area contributed by atoms with E-state index in [1.54, 1.807) is 0 Å². The first-order chi connectivity index (χ1) is 40.0. The predicted molar refractivity (Wildman–Crippen MR) is 373 cm³/mol. The van der Waals surface area contributed by atoms with Crippen molar-refractivity contribution in [3.63, 3.8) is 0 Å². The number of benzene rings is 12. The highest BCUT2D eigenvalue weighted by Crippen LogP contribution is 2.51. The molecule has 0 heterocycles. The zero-order valence-corrected chi connectivity index (χ0v) is 54.6. The molecule has 12 aromatic carbocycles. The quantitative estimate of drug-likeness (QED) is 0.0791. The summed E-state index contributed by atoms with van der Waals surface area (Å²) in [5.74, 6) is -0.560. The Morgan fingerprint density at radius 1 is 0.274 bits per heavy atom. The third kappa shape index (κ3) is 10.5. The van der Waals surface area contributed by atoms with Crippen LogP contribution in [0, 0.1) is 11.6 Å². The maximum Gasteiger partial charge on any atom is 0.155 e. The molecular formula is C76H74F2N2Si4. The fourth-order valence-electron chi connectivity index (χ4n) is 12.2. The van der Waals surface area contributed by atoms with E-state index in [1.807, 2.05) is 48.5 Å². The minimum absolute atomic E-state index is 0.280. The first kappa shape index (κ1) is 56.5. The van der Waals surface area contributed by atoms with Gasteiger partial charge in [0.1, 0.15) is 0 Å². The Morgan fingerprint density at radius 3 is 0.905 bits per heavy atom. The normalized spacial score (nSPS) is 12.4. The highest BCUT2D eigenvalue weighted by Gasteiger charge is 2.30. The molecule has 12 rings (SSSR count). The Kier molecular flexibility index (Phi) is 14.5. The second kappa shape index (κ2) is 21.6. The lowest BCUT2D eigenvalue weighted by Crippen LogP contribution is -2.37. The number of nitrogens with zero attached hydrogens (tertiary/aromatic N) is 2. The summed E-state index contributed by atoms with van der Waals surface area (Å²) in [5.41, 5.74) is 11.0. The van der Waals surface area contributed by atoms with E-state index in [1.165, 1.54) is 20.7 Å². The molecule has 0 fully saturated rings. The molecule has 0 atom stereocenters. The van der Waals surface area contributed by atoms with Gasteiger partial charge in [-0.1, -0.05) is 281 Å². The summed E-state index contributed by atoms with van der Waals surface area (Å²) in [7, 11) is -7.03. The summed E-state index contributed by atoms with van der Waals surface area (Å²) in [6.07, 6.45) is 0. The number of hydrogen-bond acceptors (Lipinski definition) is 2. The smallest absolute Gasteiger partial charge is 0.155 e. The van der Waals surface area contributed by atoms with Gasteiger partial charge in [0.05, 0.1) is 55.0 Å². The topological polar surface area (TPSA) is 6.48 Å². The van der Waals surface area contributed by atoms with E-state index in [4.69, 9.17) is 0 Å². The van der Waals surface area contributed by atoms with Crippen molar-refractivity contribution in [1.82, 2.24) is 0 Å². The van der Waals surface area contributed by atoms with Crippen molar-refractivity contribution in [3.8, 4) is 44.5 Å². The molecule has 0 aliphatic carbocycles. The van der Waals surface area contributed by atoms with Gasteiger partial charge in [-0.25, -0.2) is 8.78 Å². The van der Waals surface area contributed by atoms with Crippen LogP contribution >= 0.6 is 0 Å². The number of halogens is 2. The van der Waals surface area contributed by atoms with Crippen LogP contribution in [-0.2, 0) is 0 Å². The van der Waals surface area contributed by atoms with Crippen molar-refractivity contribution in [2.24, 2.45) is 0 Å². The maximum absolute atomic E-state index is 18.9. The lowest BCUT2D eigenvalue weighted by molar-refractivity contribution is 0.632. The van der Waals surface area contributed by atoms with Crippen LogP contribution in [0.1, 0.15) is 0 Å². The van der Waals surface area contributed by atoms with Gasteiger partial charge in [-0.15, -0.1) is 0 Å². The van der Waals surface area contributed by atoms with Gasteiger partial charge in [0.15, 0.2) is 11.6 Å². The number of anilines is 6. The molecule has 0 unspecified atom stereocenters. The van der Waals surface area contributed by atoms with Gasteiger partial charge in [-0.3, -0.25) is 0 Å². The summed E-state index contributed by atoms with van der Waals surface area (Å²) in [6.45, 7) is 28.3. The monoisotopic (exact) mass is 1160 g/mol. The number of rotatable bonds is 14. The van der Waals surface area contributed by atoms with Crippen molar-refractivity contribution in [2.45, 2.75) is 78.6 Å². The van der Waals surface area contributed by atoms with Crippen LogP contribution in [0.25, 0.3) is 76.8 Å². The van der Waals surface area contributed by atoms with Gasteiger partial charge < -0.3 is 9.80 Å². The van der Waals surface area contributed by atoms with Crippen molar-refractivity contribution in [2.75, 3.05) is 9.80 Å². The SMILES string of the molecule is C[Si](C)(C)c1cccc(-c2ccc(N(c3ccccc3)c3ccc4ccc5c(N(c6ccccc6)c6ccc(-c7cccc([Si](C)(C)C)c7)c(-c7cccc([Si](C)(C)C)c7)c6F)ccc6ccc3c4c65)c(F)c2-c2cccc([Si](C)(C)C)c2)c1. The Labute approximate surface area is 500 Å². The summed E-state index contributed by atoms with van der Waals surface area (Å²) < 4.78 is 37.8. The van der Waals surface area contributed by atoms with Crippen molar-refractivity contribution < 1.29 is 8.78 Å². The van der Waals surface area contributed by atoms with Crippen molar-refractivity contribution in [3.05, 3.63) is 242 Å². The summed E-state index contributed by atoms with van der Waals surface area (Å²) in [5, 5.41) is 11.4. The minimum atomic E-state index is -1.80. The van der Waals surface area contributed by atoms with E-state index in [0.717, 1.165) is 88.4 Å². The summed E-state index contributed by atoms with van der Waals surface area (Å²) >= 11 is 0. The Bertz CT molecular complexity index is 4170. The highest BCUT2D eigenvalue weighted by molar-refractivity contribution is 6.90. The van der Waals surface area contributed by atoms with Crippen LogP contribution < -0.4 is 30.5 Å². The minimum Gasteiger partial charge on any atom is -0.307 e. The van der Waals surface area contributed by atoms with Crippen LogP contribution in [-0.4, -0.2) is 32.3 Å². The molecule has 0 amide bonds. The number of hydrogen-bond donors (Lipinski definition) is 0. The van der Waals surface area contributed by atoms with E-state index in [0.29, 0.717) is 22.5 Å². The zero-order valence-electron chi connectivity index (χ0n) is 50.6. The van der Waals surface area contributed by atoms with Crippen molar-refractivity contribution in [1.29, 1.82) is 0 Å². The standard InChI is InChI=1S/C76H74F2N2Si4/c1-81(2,3)59-31-19-23-53(47-59)63-41-45-69(75(77)73(63)55-25-21-33-61(49-55)83(7,8)9)79(57-27-15-13-16-28-57)67-43-37-51-36-40-66-68(44-38-52-35-39-65(67)71(51)72(52)66)80(58-29-17-14-18-30-58)70-46-42-64(54-24-20-32-60(48-54)82(4,5)6)74(76(70)78)56-26-22-34-62(50-56)84(10,11)12/h13-50H,1-12H3. The highest BCUT2D eigenvalue weighted by atomic mass is 28.3. The van der Waals surface area contributed by atoms with E-state index >= 15 is 8.78 Å². The summed E-state index contributed by atoms with van der Waals surface area (Å²) in [4.78, 5) is 4.23. The molecule has 12 aromatic rings. The first-order valence-corrected chi connectivity index (χ1v) is 43.5. The first-order valence-electron chi connectivity index (χ1n) is 29.5. The zero-order chi connectivity index (χ0) is 59.0. The third-order valence-electron chi connectivity index (χ3n) is 17.0. The van der Waals surface area contributed by atoms with Crippen LogP contribution in [0.5, 0.6) is 0 Å². The Balaban J connectivity index is 1.09.